The van der Waals surface area contributed by atoms with Gasteiger partial charge < -0.3 is 18.3 Å². The number of ether oxygens (including phenoxy) is 2. The van der Waals surface area contributed by atoms with E-state index < -0.39 is 11.9 Å². The molecular formula is C32H34N4O6. The third-order valence-corrected chi connectivity index (χ3v) is 5.93. The number of esters is 2. The summed E-state index contributed by atoms with van der Waals surface area (Å²) >= 11 is 0. The van der Waals surface area contributed by atoms with E-state index in [4.69, 9.17) is 18.3 Å². The molecule has 10 nitrogen and oxygen atoms in total. The number of hydrogen-bond acceptors (Lipinski definition) is 10. The minimum absolute atomic E-state index is 0.259. The van der Waals surface area contributed by atoms with Crippen LogP contribution in [0.15, 0.2) is 52.3 Å². The van der Waals surface area contributed by atoms with E-state index in [2.05, 4.69) is 64.2 Å². The second-order valence-corrected chi connectivity index (χ2v) is 9.09. The molecule has 0 spiro atoms. The van der Waals surface area contributed by atoms with Crippen molar-refractivity contribution in [2.24, 2.45) is 0 Å². The number of nitrogens with zero attached hydrogens (tertiary/aromatic N) is 4. The molecule has 42 heavy (non-hydrogen) atoms. The Hall–Kier alpha value is -4.96. The van der Waals surface area contributed by atoms with E-state index in [0.717, 1.165) is 73.8 Å². The minimum Gasteiger partial charge on any atom is -0.463 e. The highest BCUT2D eigenvalue weighted by Gasteiger charge is 2.06. The van der Waals surface area contributed by atoms with Crippen molar-refractivity contribution in [3.05, 3.63) is 83.8 Å². The van der Waals surface area contributed by atoms with E-state index in [1.165, 1.54) is 0 Å². The van der Waals surface area contributed by atoms with Crippen molar-refractivity contribution in [2.75, 3.05) is 13.2 Å². The average Bonchev–Trinajstić information content (AvgIpc) is 3.67. The van der Waals surface area contributed by atoms with E-state index in [-0.39, 0.29) is 11.8 Å². The fourth-order valence-electron chi connectivity index (χ4n) is 3.72. The second kappa shape index (κ2) is 17.7. The number of carbonyl (C=O) groups is 2. The zero-order chi connectivity index (χ0) is 30.0. The Labute approximate surface area is 245 Å². The van der Waals surface area contributed by atoms with Crippen LogP contribution in [-0.4, -0.2) is 45.5 Å². The maximum absolute atomic E-state index is 11.0. The van der Waals surface area contributed by atoms with Crippen molar-refractivity contribution >= 4 is 11.9 Å². The lowest BCUT2D eigenvalue weighted by Gasteiger charge is -2.01. The number of aromatic nitrogens is 4. The number of carbonyl (C=O) groups excluding carboxylic acids is 2. The van der Waals surface area contributed by atoms with Crippen LogP contribution in [0.2, 0.25) is 0 Å². The summed E-state index contributed by atoms with van der Waals surface area (Å²) in [6.07, 6.45) is 9.28. The number of unbranched alkanes of at least 4 members (excludes halogenated alkanes) is 4. The topological polar surface area (TPSA) is 130 Å². The van der Waals surface area contributed by atoms with Crippen molar-refractivity contribution < 1.29 is 27.9 Å². The van der Waals surface area contributed by atoms with Gasteiger partial charge in [-0.15, -0.1) is 10.2 Å². The average molecular weight is 571 g/mol. The van der Waals surface area contributed by atoms with Gasteiger partial charge in [-0.1, -0.05) is 42.1 Å². The molecule has 0 N–H and O–H groups in total. The van der Waals surface area contributed by atoms with Crippen molar-refractivity contribution in [2.45, 2.75) is 64.7 Å². The molecule has 0 fully saturated rings. The van der Waals surface area contributed by atoms with Gasteiger partial charge >= 0.3 is 11.9 Å². The maximum Gasteiger partial charge on any atom is 0.330 e. The first-order chi connectivity index (χ1) is 20.5. The van der Waals surface area contributed by atoms with E-state index in [1.807, 2.05) is 18.2 Å². The van der Waals surface area contributed by atoms with Gasteiger partial charge in [0.1, 0.15) is 0 Å². The molecule has 218 valence electrons. The molecule has 0 unspecified atom stereocenters. The molecule has 0 amide bonds. The Morgan fingerprint density at radius 3 is 1.83 bits per heavy atom. The Balaban J connectivity index is 1.47. The van der Waals surface area contributed by atoms with Gasteiger partial charge in [0, 0.05) is 36.1 Å². The van der Waals surface area contributed by atoms with Crippen molar-refractivity contribution in [1.82, 2.24) is 20.4 Å². The highest BCUT2D eigenvalue weighted by molar-refractivity contribution is 5.81. The van der Waals surface area contributed by atoms with Crippen LogP contribution in [0.1, 0.15) is 85.7 Å². The second-order valence-electron chi connectivity index (χ2n) is 9.09. The largest absolute Gasteiger partial charge is 0.463 e. The van der Waals surface area contributed by atoms with Crippen molar-refractivity contribution in [1.29, 1.82) is 0 Å². The van der Waals surface area contributed by atoms with Crippen LogP contribution in [0.5, 0.6) is 0 Å². The first-order valence-electron chi connectivity index (χ1n) is 13.9. The van der Waals surface area contributed by atoms with Crippen LogP contribution in [0, 0.1) is 23.7 Å². The third kappa shape index (κ3) is 11.3. The number of benzene rings is 1. The normalized spacial score (nSPS) is 10.1. The van der Waals surface area contributed by atoms with E-state index >= 15 is 0 Å². The van der Waals surface area contributed by atoms with Gasteiger partial charge in [0.15, 0.2) is 0 Å². The van der Waals surface area contributed by atoms with Crippen LogP contribution >= 0.6 is 0 Å². The molecular weight excluding hydrogens is 536 g/mol. The first kappa shape index (κ1) is 31.6. The number of hydrogen-bond donors (Lipinski definition) is 0. The number of rotatable bonds is 15. The summed E-state index contributed by atoms with van der Waals surface area (Å²) in [4.78, 5) is 22.1. The van der Waals surface area contributed by atoms with Crippen molar-refractivity contribution in [3.63, 3.8) is 0 Å². The summed E-state index contributed by atoms with van der Waals surface area (Å²) in [5.41, 5.74) is 2.71. The minimum atomic E-state index is -0.409. The van der Waals surface area contributed by atoms with Crippen LogP contribution < -0.4 is 0 Å². The molecule has 2 aromatic heterocycles. The third-order valence-electron chi connectivity index (χ3n) is 5.93. The van der Waals surface area contributed by atoms with Crippen LogP contribution in [-0.2, 0) is 38.3 Å². The molecule has 0 bridgehead atoms. The SMILES string of the molecule is C=CC(=O)OCCCCCc1nnc(C#Cc2ccc(C#Cc3nnc(CCCCCOC(=O)C=C)o3)c(CC)c2)o1. The Morgan fingerprint density at radius 1 is 0.762 bits per heavy atom. The summed E-state index contributed by atoms with van der Waals surface area (Å²) in [6.45, 7) is 9.52. The zero-order valence-corrected chi connectivity index (χ0v) is 23.8. The summed E-state index contributed by atoms with van der Waals surface area (Å²) in [5.74, 6) is 12.8. The van der Waals surface area contributed by atoms with Gasteiger partial charge in [-0.3, -0.25) is 0 Å². The lowest BCUT2D eigenvalue weighted by Crippen LogP contribution is -2.01. The highest BCUT2D eigenvalue weighted by atomic mass is 16.5. The quantitative estimate of drug-likeness (QED) is 0.110. The molecule has 2 heterocycles. The molecule has 0 saturated carbocycles. The number of aryl methyl sites for hydroxylation is 3. The lowest BCUT2D eigenvalue weighted by molar-refractivity contribution is -0.138. The van der Waals surface area contributed by atoms with Gasteiger partial charge in [-0.2, -0.15) is 0 Å². The molecule has 0 aliphatic heterocycles. The molecule has 3 rings (SSSR count). The highest BCUT2D eigenvalue weighted by Crippen LogP contribution is 2.13. The summed E-state index contributed by atoms with van der Waals surface area (Å²) in [5, 5.41) is 16.1. The van der Waals surface area contributed by atoms with Gasteiger partial charge in [-0.25, -0.2) is 9.59 Å². The standard InChI is InChI=1S/C32H34N4O6/c1-4-25-23-24(16-19-29-35-33-27(41-29)13-9-7-11-21-39-31(37)5-2)15-17-26(25)18-20-30-36-34-28(42-30)14-10-8-12-22-40-32(38)6-3/h5-6,15,17,23H,2-4,7-14,21-22H2,1H3. The predicted octanol–water partition coefficient (Wildman–Crippen LogP) is 4.70. The maximum atomic E-state index is 11.0. The predicted molar refractivity (Wildman–Crippen MR) is 154 cm³/mol. The van der Waals surface area contributed by atoms with Gasteiger partial charge in [0.05, 0.1) is 13.2 Å². The molecule has 0 saturated heterocycles. The zero-order valence-electron chi connectivity index (χ0n) is 23.8. The van der Waals surface area contributed by atoms with Gasteiger partial charge in [0.25, 0.3) is 11.8 Å². The monoisotopic (exact) mass is 570 g/mol. The van der Waals surface area contributed by atoms with Gasteiger partial charge in [-0.05, 0) is 80.5 Å². The molecule has 0 radical (unpaired) electrons. The van der Waals surface area contributed by atoms with Gasteiger partial charge in [0.2, 0.25) is 11.8 Å². The van der Waals surface area contributed by atoms with Crippen LogP contribution in [0.25, 0.3) is 0 Å². The van der Waals surface area contributed by atoms with E-state index in [1.54, 1.807) is 0 Å². The fourth-order valence-corrected chi connectivity index (χ4v) is 3.72. The first-order valence-corrected chi connectivity index (χ1v) is 13.9. The Kier molecular flexibility index (Phi) is 13.3. The molecule has 0 aliphatic carbocycles. The summed E-state index contributed by atoms with van der Waals surface area (Å²) in [7, 11) is 0. The molecule has 10 heteroatoms. The summed E-state index contributed by atoms with van der Waals surface area (Å²) < 4.78 is 21.2. The fraction of sp³-hybridized carbons (Fsp3) is 0.375. The van der Waals surface area contributed by atoms with Crippen LogP contribution in [0.3, 0.4) is 0 Å². The molecule has 0 aliphatic rings. The van der Waals surface area contributed by atoms with Crippen molar-refractivity contribution in [3.8, 4) is 23.7 Å². The Bertz CT molecular complexity index is 1480. The Morgan fingerprint density at radius 2 is 1.31 bits per heavy atom. The van der Waals surface area contributed by atoms with E-state index in [0.29, 0.717) is 37.8 Å². The molecule has 0 atom stereocenters. The summed E-state index contributed by atoms with van der Waals surface area (Å²) in [6, 6.07) is 5.79. The van der Waals surface area contributed by atoms with Crippen LogP contribution in [0.4, 0.5) is 0 Å². The van der Waals surface area contributed by atoms with E-state index in [9.17, 15) is 9.59 Å². The molecule has 1 aromatic carbocycles. The molecule has 3 aromatic rings. The smallest absolute Gasteiger partial charge is 0.330 e. The lowest BCUT2D eigenvalue weighted by atomic mass is 10.0.